The summed E-state index contributed by atoms with van der Waals surface area (Å²) in [7, 11) is -1.47. The maximum Gasteiger partial charge on any atom is 0.175 e. The molecule has 4 heteroatoms. The van der Waals surface area contributed by atoms with E-state index in [4.69, 9.17) is 4.74 Å². The minimum Gasteiger partial charge on any atom is -0.380 e. The van der Waals surface area contributed by atoms with E-state index >= 15 is 0 Å². The molecule has 1 rings (SSSR count). The molecule has 1 aromatic carbocycles. The molecule has 0 unspecified atom stereocenters. The van der Waals surface area contributed by atoms with Gasteiger partial charge in [-0.2, -0.15) is 0 Å². The van der Waals surface area contributed by atoms with Crippen molar-refractivity contribution in [1.82, 2.24) is 0 Å². The van der Waals surface area contributed by atoms with Gasteiger partial charge in [-0.3, -0.25) is 0 Å². The zero-order valence-electron chi connectivity index (χ0n) is 7.65. The van der Waals surface area contributed by atoms with Crippen LogP contribution in [0.2, 0.25) is 0 Å². The third-order valence-corrected chi connectivity index (χ3v) is 2.79. The second-order valence-electron chi connectivity index (χ2n) is 2.85. The number of hydrogen-bond acceptors (Lipinski definition) is 3. The number of rotatable bonds is 3. The Morgan fingerprint density at radius 3 is 2.15 bits per heavy atom. The SMILES string of the molecule is COCc1ccc(S(C)(=O)=O)cc1. The number of hydrogen-bond donors (Lipinski definition) is 0. The van der Waals surface area contributed by atoms with Crippen molar-refractivity contribution in [2.45, 2.75) is 11.5 Å². The van der Waals surface area contributed by atoms with E-state index in [1.165, 1.54) is 6.26 Å². The van der Waals surface area contributed by atoms with E-state index in [0.29, 0.717) is 11.5 Å². The standard InChI is InChI=1S/C9H12O3S/c1-12-7-8-3-5-9(6-4-8)13(2,10)11/h3-6H,7H2,1-2H3. The third kappa shape index (κ3) is 2.82. The Morgan fingerprint density at radius 1 is 1.23 bits per heavy atom. The monoisotopic (exact) mass is 200 g/mol. The van der Waals surface area contributed by atoms with E-state index in [-0.39, 0.29) is 0 Å². The Morgan fingerprint density at radius 2 is 1.77 bits per heavy atom. The highest BCUT2D eigenvalue weighted by Gasteiger charge is 2.05. The van der Waals surface area contributed by atoms with Gasteiger partial charge in [-0.1, -0.05) is 12.1 Å². The summed E-state index contributed by atoms with van der Waals surface area (Å²) in [5.41, 5.74) is 0.968. The van der Waals surface area contributed by atoms with Gasteiger partial charge < -0.3 is 4.74 Å². The highest BCUT2D eigenvalue weighted by Crippen LogP contribution is 2.10. The fraction of sp³-hybridized carbons (Fsp3) is 0.333. The lowest BCUT2D eigenvalue weighted by atomic mass is 10.2. The van der Waals surface area contributed by atoms with Gasteiger partial charge in [-0.25, -0.2) is 8.42 Å². The van der Waals surface area contributed by atoms with E-state index in [1.807, 2.05) is 0 Å². The van der Waals surface area contributed by atoms with Crippen LogP contribution < -0.4 is 0 Å². The van der Waals surface area contributed by atoms with Gasteiger partial charge in [0.1, 0.15) is 0 Å². The molecule has 13 heavy (non-hydrogen) atoms. The van der Waals surface area contributed by atoms with E-state index < -0.39 is 9.84 Å². The number of methoxy groups -OCH3 is 1. The molecule has 72 valence electrons. The molecular weight excluding hydrogens is 188 g/mol. The Hall–Kier alpha value is -0.870. The molecular formula is C9H12O3S. The number of sulfone groups is 1. The van der Waals surface area contributed by atoms with Gasteiger partial charge in [0.15, 0.2) is 9.84 Å². The Balaban J connectivity index is 2.94. The molecule has 0 bridgehead atoms. The minimum atomic E-state index is -3.08. The lowest BCUT2D eigenvalue weighted by Crippen LogP contribution is -1.97. The van der Waals surface area contributed by atoms with Crippen LogP contribution >= 0.6 is 0 Å². The molecule has 0 amide bonds. The van der Waals surface area contributed by atoms with Crippen LogP contribution in [0, 0.1) is 0 Å². The normalized spacial score (nSPS) is 11.5. The summed E-state index contributed by atoms with van der Waals surface area (Å²) in [4.78, 5) is 0.340. The minimum absolute atomic E-state index is 0.340. The van der Waals surface area contributed by atoms with Crippen LogP contribution in [0.15, 0.2) is 29.2 Å². The maximum absolute atomic E-state index is 11.1. The third-order valence-electron chi connectivity index (χ3n) is 1.66. The van der Waals surface area contributed by atoms with Crippen LogP contribution in [0.4, 0.5) is 0 Å². The molecule has 0 aliphatic rings. The van der Waals surface area contributed by atoms with Gasteiger partial charge in [-0.05, 0) is 17.7 Å². The first-order valence-electron chi connectivity index (χ1n) is 3.82. The summed E-state index contributed by atoms with van der Waals surface area (Å²) in [6.07, 6.45) is 1.19. The number of benzene rings is 1. The van der Waals surface area contributed by atoms with E-state index in [1.54, 1.807) is 31.4 Å². The van der Waals surface area contributed by atoms with Crippen molar-refractivity contribution in [1.29, 1.82) is 0 Å². The van der Waals surface area contributed by atoms with Crippen molar-refractivity contribution in [2.24, 2.45) is 0 Å². The average molecular weight is 200 g/mol. The summed E-state index contributed by atoms with van der Waals surface area (Å²) in [5, 5.41) is 0. The molecule has 1 aromatic rings. The average Bonchev–Trinajstić information content (AvgIpc) is 2.04. The van der Waals surface area contributed by atoms with E-state index in [0.717, 1.165) is 5.56 Å². The molecule has 0 heterocycles. The largest absolute Gasteiger partial charge is 0.380 e. The lowest BCUT2D eigenvalue weighted by Gasteiger charge is -2.01. The highest BCUT2D eigenvalue weighted by molar-refractivity contribution is 7.90. The van der Waals surface area contributed by atoms with Gasteiger partial charge in [-0.15, -0.1) is 0 Å². The fourth-order valence-electron chi connectivity index (χ4n) is 1.000. The van der Waals surface area contributed by atoms with E-state index in [2.05, 4.69) is 0 Å². The van der Waals surface area contributed by atoms with Crippen LogP contribution in [0.1, 0.15) is 5.56 Å². The molecule has 0 saturated heterocycles. The molecule has 3 nitrogen and oxygen atoms in total. The Kier molecular flexibility index (Phi) is 3.06. The predicted octanol–water partition coefficient (Wildman–Crippen LogP) is 1.24. The van der Waals surface area contributed by atoms with Crippen molar-refractivity contribution in [2.75, 3.05) is 13.4 Å². The van der Waals surface area contributed by atoms with Crippen molar-refractivity contribution in [3.05, 3.63) is 29.8 Å². The quantitative estimate of drug-likeness (QED) is 0.737. The van der Waals surface area contributed by atoms with Crippen molar-refractivity contribution in [3.8, 4) is 0 Å². The van der Waals surface area contributed by atoms with Crippen LogP contribution in [-0.2, 0) is 21.2 Å². The molecule has 0 aliphatic carbocycles. The molecule has 0 fully saturated rings. The summed E-state index contributed by atoms with van der Waals surface area (Å²) in [5.74, 6) is 0. The molecule has 0 saturated carbocycles. The summed E-state index contributed by atoms with van der Waals surface area (Å²) in [6.45, 7) is 0.504. The first kappa shape index (κ1) is 10.2. The summed E-state index contributed by atoms with van der Waals surface area (Å²) >= 11 is 0. The molecule has 0 N–H and O–H groups in total. The molecule has 0 spiro atoms. The van der Waals surface area contributed by atoms with E-state index in [9.17, 15) is 8.42 Å². The lowest BCUT2D eigenvalue weighted by molar-refractivity contribution is 0.185. The van der Waals surface area contributed by atoms with Gasteiger partial charge >= 0.3 is 0 Å². The molecule has 0 aliphatic heterocycles. The molecule has 0 aromatic heterocycles. The number of ether oxygens (including phenoxy) is 1. The molecule has 0 radical (unpaired) electrons. The summed E-state index contributed by atoms with van der Waals surface area (Å²) in [6, 6.07) is 6.67. The van der Waals surface area contributed by atoms with Gasteiger partial charge in [0, 0.05) is 13.4 Å². The Labute approximate surface area is 78.3 Å². The topological polar surface area (TPSA) is 43.4 Å². The first-order chi connectivity index (χ1) is 6.04. The van der Waals surface area contributed by atoms with Crippen molar-refractivity contribution >= 4 is 9.84 Å². The van der Waals surface area contributed by atoms with Gasteiger partial charge in [0.25, 0.3) is 0 Å². The fourth-order valence-corrected chi connectivity index (χ4v) is 1.63. The highest BCUT2D eigenvalue weighted by atomic mass is 32.2. The van der Waals surface area contributed by atoms with Crippen LogP contribution in [0.5, 0.6) is 0 Å². The van der Waals surface area contributed by atoms with Crippen molar-refractivity contribution in [3.63, 3.8) is 0 Å². The zero-order chi connectivity index (χ0) is 9.90. The van der Waals surface area contributed by atoms with Crippen LogP contribution in [-0.4, -0.2) is 21.8 Å². The second-order valence-corrected chi connectivity index (χ2v) is 4.86. The molecule has 0 atom stereocenters. The predicted molar refractivity (Wildman–Crippen MR) is 50.3 cm³/mol. The van der Waals surface area contributed by atoms with Crippen LogP contribution in [0.25, 0.3) is 0 Å². The summed E-state index contributed by atoms with van der Waals surface area (Å²) < 4.78 is 27.0. The van der Waals surface area contributed by atoms with Gasteiger partial charge in [0.05, 0.1) is 11.5 Å². The van der Waals surface area contributed by atoms with Crippen LogP contribution in [0.3, 0.4) is 0 Å². The Bertz CT molecular complexity index is 364. The maximum atomic E-state index is 11.1. The van der Waals surface area contributed by atoms with Crippen molar-refractivity contribution < 1.29 is 13.2 Å². The first-order valence-corrected chi connectivity index (χ1v) is 5.71. The second kappa shape index (κ2) is 3.89. The smallest absolute Gasteiger partial charge is 0.175 e. The zero-order valence-corrected chi connectivity index (χ0v) is 8.47. The van der Waals surface area contributed by atoms with Gasteiger partial charge in [0.2, 0.25) is 0 Å².